The first-order chi connectivity index (χ1) is 16.3. The Morgan fingerprint density at radius 3 is 2.68 bits per heavy atom. The molecule has 2 unspecified atom stereocenters. The van der Waals surface area contributed by atoms with Gasteiger partial charge in [0.1, 0.15) is 23.9 Å². The third-order valence-corrected chi connectivity index (χ3v) is 5.39. The van der Waals surface area contributed by atoms with Crippen molar-refractivity contribution >= 4 is 28.4 Å². The average molecular weight is 491 g/mol. The largest absolute Gasteiger partial charge is 0.487 e. The molecule has 1 aliphatic heterocycles. The molecule has 1 aromatic heterocycles. The van der Waals surface area contributed by atoms with Gasteiger partial charge in [0.25, 0.3) is 11.5 Å². The number of amides is 1. The molecule has 4 rings (SSSR count). The molecule has 1 fully saturated rings. The number of ether oxygens (including phenoxy) is 3. The van der Waals surface area contributed by atoms with Gasteiger partial charge in [-0.05, 0) is 29.8 Å². The van der Waals surface area contributed by atoms with Crippen LogP contribution in [0.4, 0.5) is 8.78 Å². The predicted octanol–water partition coefficient (Wildman–Crippen LogP) is 2.16. The summed E-state index contributed by atoms with van der Waals surface area (Å²) in [6.07, 6.45) is -1.30. The molecule has 12 heteroatoms. The highest BCUT2D eigenvalue weighted by molar-refractivity contribution is 6.30. The lowest BCUT2D eigenvalue weighted by molar-refractivity contribution is -0.124. The minimum Gasteiger partial charge on any atom is -0.487 e. The Bertz CT molecular complexity index is 1370. The monoisotopic (exact) mass is 490 g/mol. The molecule has 1 aliphatic rings. The molecule has 176 valence electrons. The van der Waals surface area contributed by atoms with Crippen LogP contribution in [-0.2, 0) is 16.0 Å². The third kappa shape index (κ3) is 4.70. The summed E-state index contributed by atoms with van der Waals surface area (Å²) in [5, 5.41) is 8.46. The highest BCUT2D eigenvalue weighted by atomic mass is 35.5. The summed E-state index contributed by atoms with van der Waals surface area (Å²) in [5.41, 5.74) is 5.01. The second kappa shape index (κ2) is 9.72. The molecule has 9 nitrogen and oxygen atoms in total. The Kier molecular flexibility index (Phi) is 6.74. The van der Waals surface area contributed by atoms with Gasteiger partial charge in [0.05, 0.1) is 36.4 Å². The summed E-state index contributed by atoms with van der Waals surface area (Å²) in [6, 6.07) is 7.96. The molecule has 2 heterocycles. The molecule has 0 saturated carbocycles. The van der Waals surface area contributed by atoms with Gasteiger partial charge in [-0.2, -0.15) is 5.26 Å². The van der Waals surface area contributed by atoms with E-state index >= 15 is 0 Å². The van der Waals surface area contributed by atoms with Gasteiger partial charge in [-0.15, -0.1) is 0 Å². The number of nitriles is 1. The zero-order chi connectivity index (χ0) is 24.4. The number of hydrogen-bond acceptors (Lipinski definition) is 7. The van der Waals surface area contributed by atoms with Crippen molar-refractivity contribution in [3.8, 4) is 11.8 Å². The fourth-order valence-corrected chi connectivity index (χ4v) is 3.64. The first-order valence-electron chi connectivity index (χ1n) is 10.0. The topological polar surface area (TPSA) is 129 Å². The first-order valence-corrected chi connectivity index (χ1v) is 10.4. The van der Waals surface area contributed by atoms with Crippen molar-refractivity contribution in [2.24, 2.45) is 5.73 Å². The molecule has 0 bridgehead atoms. The molecule has 1 amide bonds. The fraction of sp³-hybridized carbons (Fsp3) is 0.273. The van der Waals surface area contributed by atoms with Crippen LogP contribution in [0, 0.1) is 23.0 Å². The molecule has 3 aromatic rings. The van der Waals surface area contributed by atoms with Gasteiger partial charge >= 0.3 is 0 Å². The van der Waals surface area contributed by atoms with Crippen LogP contribution >= 0.6 is 11.6 Å². The van der Waals surface area contributed by atoms with Crippen molar-refractivity contribution in [1.29, 1.82) is 5.26 Å². The van der Waals surface area contributed by atoms with Crippen molar-refractivity contribution in [3.63, 3.8) is 0 Å². The van der Waals surface area contributed by atoms with Crippen LogP contribution in [0.2, 0.25) is 5.02 Å². The maximum Gasteiger partial charge on any atom is 0.284 e. The molecule has 0 aliphatic carbocycles. The Morgan fingerprint density at radius 1 is 1.26 bits per heavy atom. The average Bonchev–Trinajstić information content (AvgIpc) is 2.82. The number of carbonyl (C=O) groups is 1. The maximum atomic E-state index is 14.7. The zero-order valence-electron chi connectivity index (χ0n) is 17.5. The van der Waals surface area contributed by atoms with Crippen LogP contribution in [0.25, 0.3) is 10.9 Å². The predicted molar refractivity (Wildman–Crippen MR) is 116 cm³/mol. The number of benzene rings is 2. The van der Waals surface area contributed by atoms with Gasteiger partial charge in [0.15, 0.2) is 17.7 Å². The number of aromatic nitrogens is 2. The van der Waals surface area contributed by atoms with Crippen LogP contribution in [0.5, 0.6) is 5.75 Å². The number of halogens is 3. The Morgan fingerprint density at radius 2 is 2.03 bits per heavy atom. The van der Waals surface area contributed by atoms with E-state index in [1.807, 2.05) is 6.07 Å². The highest BCUT2D eigenvalue weighted by Gasteiger charge is 2.25. The van der Waals surface area contributed by atoms with E-state index in [0.29, 0.717) is 5.56 Å². The van der Waals surface area contributed by atoms with Crippen LogP contribution in [0.1, 0.15) is 16.2 Å². The summed E-state index contributed by atoms with van der Waals surface area (Å²) in [7, 11) is 0. The number of nitrogens with two attached hydrogens (primary N) is 1. The molecule has 34 heavy (non-hydrogen) atoms. The van der Waals surface area contributed by atoms with E-state index in [-0.39, 0.29) is 53.9 Å². The quantitative estimate of drug-likeness (QED) is 0.560. The summed E-state index contributed by atoms with van der Waals surface area (Å²) in [6.45, 7) is -0.326. The van der Waals surface area contributed by atoms with Gasteiger partial charge in [-0.25, -0.2) is 13.8 Å². The molecular formula is C22H17ClF2N4O5. The normalized spacial score (nSPS) is 17.9. The Balaban J connectivity index is 1.74. The number of nitrogens with zero attached hydrogens (tertiary/aromatic N) is 3. The Labute approximate surface area is 196 Å². The van der Waals surface area contributed by atoms with E-state index in [0.717, 1.165) is 16.7 Å². The van der Waals surface area contributed by atoms with Crippen LogP contribution in [0.3, 0.4) is 0 Å². The Hall–Kier alpha value is -3.59. The second-order valence-electron chi connectivity index (χ2n) is 7.43. The van der Waals surface area contributed by atoms with Crippen molar-refractivity contribution in [3.05, 3.63) is 68.7 Å². The number of primary amides is 1. The van der Waals surface area contributed by atoms with Gasteiger partial charge in [0.2, 0.25) is 5.82 Å². The number of rotatable bonds is 6. The molecule has 2 aromatic carbocycles. The SMILES string of the molecule is N#CC1COC(COc2c(F)ccc3nc(C(N)=O)n(Cc4ccc(F)c(Cl)c4)c(=O)c23)CO1. The lowest BCUT2D eigenvalue weighted by atomic mass is 10.2. The summed E-state index contributed by atoms with van der Waals surface area (Å²) in [4.78, 5) is 29.5. The number of fused-ring (bicyclic) bond motifs is 1. The van der Waals surface area contributed by atoms with E-state index in [9.17, 15) is 18.4 Å². The zero-order valence-corrected chi connectivity index (χ0v) is 18.2. The van der Waals surface area contributed by atoms with Crippen molar-refractivity contribution in [2.75, 3.05) is 19.8 Å². The van der Waals surface area contributed by atoms with Crippen LogP contribution in [0.15, 0.2) is 35.1 Å². The van der Waals surface area contributed by atoms with Crippen LogP contribution in [-0.4, -0.2) is 47.5 Å². The molecule has 0 radical (unpaired) electrons. The maximum absolute atomic E-state index is 14.7. The van der Waals surface area contributed by atoms with E-state index in [2.05, 4.69) is 4.98 Å². The summed E-state index contributed by atoms with van der Waals surface area (Å²) >= 11 is 5.82. The second-order valence-corrected chi connectivity index (χ2v) is 7.83. The molecular weight excluding hydrogens is 474 g/mol. The van der Waals surface area contributed by atoms with Gasteiger partial charge < -0.3 is 19.9 Å². The molecule has 1 saturated heterocycles. The summed E-state index contributed by atoms with van der Waals surface area (Å²) in [5.74, 6) is -3.23. The lowest BCUT2D eigenvalue weighted by Gasteiger charge is -2.26. The smallest absolute Gasteiger partial charge is 0.284 e. The van der Waals surface area contributed by atoms with E-state index in [4.69, 9.17) is 36.8 Å². The number of carbonyl (C=O) groups excluding carboxylic acids is 1. The van der Waals surface area contributed by atoms with Gasteiger partial charge in [0, 0.05) is 0 Å². The minimum atomic E-state index is -0.987. The highest BCUT2D eigenvalue weighted by Crippen LogP contribution is 2.27. The molecule has 0 spiro atoms. The lowest BCUT2D eigenvalue weighted by Crippen LogP contribution is -2.38. The van der Waals surface area contributed by atoms with Gasteiger partial charge in [-0.3, -0.25) is 14.2 Å². The van der Waals surface area contributed by atoms with E-state index in [1.165, 1.54) is 18.2 Å². The third-order valence-electron chi connectivity index (χ3n) is 5.10. The van der Waals surface area contributed by atoms with E-state index < -0.39 is 35.3 Å². The van der Waals surface area contributed by atoms with Crippen molar-refractivity contribution < 1.29 is 27.8 Å². The summed E-state index contributed by atoms with van der Waals surface area (Å²) < 4.78 is 45.5. The van der Waals surface area contributed by atoms with Crippen LogP contribution < -0.4 is 16.0 Å². The van der Waals surface area contributed by atoms with Gasteiger partial charge in [-0.1, -0.05) is 17.7 Å². The molecule has 2 atom stereocenters. The fourth-order valence-electron chi connectivity index (χ4n) is 3.44. The number of hydrogen-bond donors (Lipinski definition) is 1. The van der Waals surface area contributed by atoms with Crippen molar-refractivity contribution in [2.45, 2.75) is 18.8 Å². The molecule has 2 N–H and O–H groups in total. The standard InChI is InChI=1S/C22H17ClF2N4O5/c23-14-5-11(1-2-15(14)24)7-29-21(20(27)30)28-17-4-3-16(25)19(18(17)22(29)31)34-10-13-9-32-12(6-26)8-33-13/h1-5,12-13H,7-10H2,(H2,27,30). The minimum absolute atomic E-state index is 0.00561. The van der Waals surface area contributed by atoms with E-state index in [1.54, 1.807) is 0 Å². The first kappa shape index (κ1) is 23.6. The van der Waals surface area contributed by atoms with Crippen molar-refractivity contribution in [1.82, 2.24) is 9.55 Å².